The van der Waals surface area contributed by atoms with Gasteiger partial charge in [-0.25, -0.2) is 0 Å². The van der Waals surface area contributed by atoms with Crippen molar-refractivity contribution in [2.45, 2.75) is 56.9 Å². The summed E-state index contributed by atoms with van der Waals surface area (Å²) in [4.78, 5) is 5.31. The Hall–Kier alpha value is -1.06. The minimum atomic E-state index is 0.810. The summed E-state index contributed by atoms with van der Waals surface area (Å²) >= 11 is 0. The molecule has 3 aliphatic rings. The SMILES string of the molecule is c1cc(N2CCC(N3CCNCC3)CC2)ccc1C1CCCCC1. The number of hydrogen-bond acceptors (Lipinski definition) is 3. The number of piperazine rings is 1. The first-order valence-corrected chi connectivity index (χ1v) is 10.2. The van der Waals surface area contributed by atoms with Crippen LogP contribution in [0.4, 0.5) is 5.69 Å². The summed E-state index contributed by atoms with van der Waals surface area (Å²) in [5.74, 6) is 0.825. The van der Waals surface area contributed by atoms with E-state index in [0.717, 1.165) is 12.0 Å². The van der Waals surface area contributed by atoms with E-state index in [2.05, 4.69) is 39.4 Å². The molecule has 3 nitrogen and oxygen atoms in total. The molecule has 1 saturated carbocycles. The van der Waals surface area contributed by atoms with E-state index >= 15 is 0 Å². The van der Waals surface area contributed by atoms with Crippen molar-refractivity contribution in [2.24, 2.45) is 0 Å². The molecule has 0 radical (unpaired) electrons. The van der Waals surface area contributed by atoms with Gasteiger partial charge in [-0.15, -0.1) is 0 Å². The molecular weight excluding hydrogens is 294 g/mol. The highest BCUT2D eigenvalue weighted by Gasteiger charge is 2.25. The van der Waals surface area contributed by atoms with E-state index in [0.29, 0.717) is 0 Å². The Bertz CT molecular complexity index is 492. The van der Waals surface area contributed by atoms with Gasteiger partial charge in [0, 0.05) is 51.0 Å². The third-order valence-electron chi connectivity index (χ3n) is 6.47. The molecule has 0 atom stereocenters. The number of nitrogens with one attached hydrogen (secondary N) is 1. The lowest BCUT2D eigenvalue weighted by molar-refractivity contribution is 0.150. The number of benzene rings is 1. The Morgan fingerprint density at radius 2 is 1.42 bits per heavy atom. The maximum absolute atomic E-state index is 3.47. The van der Waals surface area contributed by atoms with Gasteiger partial charge in [0.15, 0.2) is 0 Å². The van der Waals surface area contributed by atoms with Gasteiger partial charge in [-0.2, -0.15) is 0 Å². The number of nitrogens with zero attached hydrogens (tertiary/aromatic N) is 2. The molecule has 2 aliphatic heterocycles. The molecular formula is C21H33N3. The maximum Gasteiger partial charge on any atom is 0.0366 e. The van der Waals surface area contributed by atoms with E-state index in [-0.39, 0.29) is 0 Å². The zero-order valence-electron chi connectivity index (χ0n) is 15.1. The smallest absolute Gasteiger partial charge is 0.0366 e. The van der Waals surface area contributed by atoms with Crippen molar-refractivity contribution in [3.05, 3.63) is 29.8 Å². The van der Waals surface area contributed by atoms with Crippen LogP contribution in [0.15, 0.2) is 24.3 Å². The van der Waals surface area contributed by atoms with Gasteiger partial charge in [0.2, 0.25) is 0 Å². The third kappa shape index (κ3) is 3.78. The van der Waals surface area contributed by atoms with E-state index in [4.69, 9.17) is 0 Å². The molecule has 0 aromatic heterocycles. The summed E-state index contributed by atoms with van der Waals surface area (Å²) in [5, 5.41) is 3.47. The van der Waals surface area contributed by atoms with E-state index < -0.39 is 0 Å². The molecule has 3 heteroatoms. The van der Waals surface area contributed by atoms with Crippen LogP contribution in [0.5, 0.6) is 0 Å². The lowest BCUT2D eigenvalue weighted by Gasteiger charge is -2.41. The summed E-state index contributed by atoms with van der Waals surface area (Å²) in [5.41, 5.74) is 3.02. The molecule has 1 aromatic rings. The Morgan fingerprint density at radius 1 is 0.750 bits per heavy atom. The molecule has 0 bridgehead atoms. The van der Waals surface area contributed by atoms with Crippen molar-refractivity contribution in [1.29, 1.82) is 0 Å². The molecule has 1 aromatic carbocycles. The highest BCUT2D eigenvalue weighted by molar-refractivity contribution is 5.48. The first kappa shape index (κ1) is 16.4. The van der Waals surface area contributed by atoms with Crippen LogP contribution >= 0.6 is 0 Å². The molecule has 24 heavy (non-hydrogen) atoms. The van der Waals surface area contributed by atoms with Gasteiger partial charge in [0.25, 0.3) is 0 Å². The van der Waals surface area contributed by atoms with Crippen LogP contribution in [0.1, 0.15) is 56.4 Å². The third-order valence-corrected chi connectivity index (χ3v) is 6.47. The average molecular weight is 328 g/mol. The van der Waals surface area contributed by atoms with Gasteiger partial charge in [0.1, 0.15) is 0 Å². The lowest BCUT2D eigenvalue weighted by Crippen LogP contribution is -2.52. The number of rotatable bonds is 3. The van der Waals surface area contributed by atoms with Crippen molar-refractivity contribution >= 4 is 5.69 Å². The Labute approximate surface area is 147 Å². The van der Waals surface area contributed by atoms with Crippen molar-refractivity contribution in [3.8, 4) is 0 Å². The van der Waals surface area contributed by atoms with E-state index in [9.17, 15) is 0 Å². The van der Waals surface area contributed by atoms with Gasteiger partial charge >= 0.3 is 0 Å². The van der Waals surface area contributed by atoms with Crippen LogP contribution in [0.3, 0.4) is 0 Å². The second-order valence-electron chi connectivity index (χ2n) is 7.93. The summed E-state index contributed by atoms with van der Waals surface area (Å²) in [6, 6.07) is 10.4. The highest BCUT2D eigenvalue weighted by Crippen LogP contribution is 2.33. The van der Waals surface area contributed by atoms with E-state index in [1.807, 2.05) is 0 Å². The van der Waals surface area contributed by atoms with Crippen molar-refractivity contribution in [1.82, 2.24) is 10.2 Å². The molecule has 4 rings (SSSR count). The molecule has 3 fully saturated rings. The quantitative estimate of drug-likeness (QED) is 0.915. The summed E-state index contributed by atoms with van der Waals surface area (Å²) in [6.45, 7) is 7.25. The number of piperidine rings is 1. The fourth-order valence-corrected chi connectivity index (χ4v) is 4.93. The number of hydrogen-bond donors (Lipinski definition) is 1. The lowest BCUT2D eigenvalue weighted by atomic mass is 9.84. The zero-order valence-corrected chi connectivity index (χ0v) is 15.1. The zero-order chi connectivity index (χ0) is 16.2. The minimum absolute atomic E-state index is 0.810. The summed E-state index contributed by atoms with van der Waals surface area (Å²) < 4.78 is 0. The molecule has 132 valence electrons. The van der Waals surface area contributed by atoms with Gasteiger partial charge in [-0.1, -0.05) is 31.4 Å². The molecule has 0 spiro atoms. The topological polar surface area (TPSA) is 18.5 Å². The van der Waals surface area contributed by atoms with E-state index in [1.54, 1.807) is 5.56 Å². The Morgan fingerprint density at radius 3 is 2.08 bits per heavy atom. The molecule has 1 aliphatic carbocycles. The molecule has 2 saturated heterocycles. The van der Waals surface area contributed by atoms with Crippen LogP contribution in [-0.4, -0.2) is 50.2 Å². The van der Waals surface area contributed by atoms with Crippen molar-refractivity contribution < 1.29 is 0 Å². The second kappa shape index (κ2) is 7.88. The van der Waals surface area contributed by atoms with Crippen molar-refractivity contribution in [3.63, 3.8) is 0 Å². The van der Waals surface area contributed by atoms with Gasteiger partial charge in [-0.3, -0.25) is 4.90 Å². The van der Waals surface area contributed by atoms with Crippen LogP contribution in [0.2, 0.25) is 0 Å². The molecule has 1 N–H and O–H groups in total. The fourth-order valence-electron chi connectivity index (χ4n) is 4.93. The van der Waals surface area contributed by atoms with Crippen LogP contribution in [-0.2, 0) is 0 Å². The van der Waals surface area contributed by atoms with Crippen LogP contribution in [0.25, 0.3) is 0 Å². The van der Waals surface area contributed by atoms with Crippen LogP contribution in [0, 0.1) is 0 Å². The van der Waals surface area contributed by atoms with Crippen molar-refractivity contribution in [2.75, 3.05) is 44.2 Å². The summed E-state index contributed by atoms with van der Waals surface area (Å²) in [6.07, 6.45) is 9.73. The van der Waals surface area contributed by atoms with Crippen LogP contribution < -0.4 is 10.2 Å². The normalized spacial score (nSPS) is 25.1. The second-order valence-corrected chi connectivity index (χ2v) is 7.93. The Balaban J connectivity index is 1.32. The minimum Gasteiger partial charge on any atom is -0.371 e. The Kier molecular flexibility index (Phi) is 5.39. The van der Waals surface area contributed by atoms with E-state index in [1.165, 1.54) is 89.9 Å². The van der Waals surface area contributed by atoms with Gasteiger partial charge in [0.05, 0.1) is 0 Å². The largest absolute Gasteiger partial charge is 0.371 e. The highest BCUT2D eigenvalue weighted by atomic mass is 15.2. The molecule has 0 unspecified atom stereocenters. The predicted octanol–water partition coefficient (Wildman–Crippen LogP) is 3.61. The average Bonchev–Trinajstić information content (AvgIpc) is 2.70. The number of anilines is 1. The molecule has 2 heterocycles. The fraction of sp³-hybridized carbons (Fsp3) is 0.714. The first-order valence-electron chi connectivity index (χ1n) is 10.2. The van der Waals surface area contributed by atoms with Gasteiger partial charge < -0.3 is 10.2 Å². The molecule has 0 amide bonds. The monoisotopic (exact) mass is 327 g/mol. The standard InChI is InChI=1S/C21H33N3/c1-2-4-18(5-3-1)19-6-8-20(9-7-19)23-14-10-21(11-15-23)24-16-12-22-13-17-24/h6-9,18,21-22H,1-5,10-17H2. The maximum atomic E-state index is 3.47. The first-order chi connectivity index (χ1) is 11.9. The summed E-state index contributed by atoms with van der Waals surface area (Å²) in [7, 11) is 0. The predicted molar refractivity (Wildman–Crippen MR) is 102 cm³/mol. The van der Waals surface area contributed by atoms with Gasteiger partial charge in [-0.05, 0) is 49.3 Å².